The number of ether oxygens (including phenoxy) is 1. The van der Waals surface area contributed by atoms with Gasteiger partial charge in [0.05, 0.1) is 12.7 Å². The summed E-state index contributed by atoms with van der Waals surface area (Å²) in [6.07, 6.45) is -3.32. The number of aliphatic hydroxyl groups is 1. The first-order valence-electron chi connectivity index (χ1n) is 8.27. The Balaban J connectivity index is 2.19. The minimum atomic E-state index is -5.98. The van der Waals surface area contributed by atoms with E-state index >= 15 is 0 Å². The number of nitrogens with one attached hydrogen (secondary N) is 1. The van der Waals surface area contributed by atoms with Gasteiger partial charge in [-0.2, -0.15) is 12.9 Å². The number of rotatable bonds is 10. The van der Waals surface area contributed by atoms with E-state index in [-0.39, 0.29) is 12.0 Å². The van der Waals surface area contributed by atoms with E-state index in [0.717, 1.165) is 10.8 Å². The third-order valence-corrected chi connectivity index (χ3v) is 9.09. The second-order valence-electron chi connectivity index (χ2n) is 6.35. The second kappa shape index (κ2) is 10.0. The lowest BCUT2D eigenvalue weighted by molar-refractivity contribution is -0.0449. The van der Waals surface area contributed by atoms with Crippen LogP contribution < -0.4 is 11.2 Å². The van der Waals surface area contributed by atoms with Crippen LogP contribution in [0.3, 0.4) is 0 Å². The van der Waals surface area contributed by atoms with Gasteiger partial charge in [0, 0.05) is 18.2 Å². The fourth-order valence-corrected chi connectivity index (χ4v) is 7.08. The van der Waals surface area contributed by atoms with E-state index in [0.29, 0.717) is 0 Å². The Labute approximate surface area is 182 Å². The lowest BCUT2D eigenvalue weighted by atomic mass is 10.2. The SMILES string of the molecule is Cc1cn([C@H]2C[C@H](O)[C@@H](COP(=O)(OP(=O)(O)O)OP(=O)(O)OP(=O)(O)O)O2)c(=O)[nH]c1=O. The maximum absolute atomic E-state index is 12.4. The summed E-state index contributed by atoms with van der Waals surface area (Å²) in [5.41, 5.74) is -1.46. The summed E-state index contributed by atoms with van der Waals surface area (Å²) < 4.78 is 67.4. The van der Waals surface area contributed by atoms with Crippen LogP contribution in [-0.2, 0) is 40.5 Å². The zero-order chi connectivity index (χ0) is 25.4. The Morgan fingerprint density at radius 1 is 1.06 bits per heavy atom. The Morgan fingerprint density at radius 2 is 1.64 bits per heavy atom. The highest BCUT2D eigenvalue weighted by Crippen LogP contribution is 2.72. The summed E-state index contributed by atoms with van der Waals surface area (Å²) in [5.74, 6) is 0. The quantitative estimate of drug-likeness (QED) is 0.167. The molecule has 1 saturated heterocycles. The van der Waals surface area contributed by atoms with E-state index in [2.05, 4.69) is 17.5 Å². The Hall–Kier alpha value is -0.840. The van der Waals surface area contributed by atoms with Gasteiger partial charge in [0.2, 0.25) is 0 Å². The van der Waals surface area contributed by atoms with Crippen LogP contribution in [0.2, 0.25) is 0 Å². The number of hydrogen-bond donors (Lipinski definition) is 7. The molecule has 2 rings (SSSR count). The monoisotopic (exact) mass is 562 g/mol. The number of H-pyrrole nitrogens is 1. The predicted octanol–water partition coefficient (Wildman–Crippen LogP) is -1.05. The number of aromatic nitrogens is 2. The summed E-state index contributed by atoms with van der Waals surface area (Å²) in [4.78, 5) is 69.5. The molecule has 0 aliphatic carbocycles. The molecular weight excluding hydrogens is 544 g/mol. The number of phosphoric acid groups is 4. The maximum atomic E-state index is 12.4. The van der Waals surface area contributed by atoms with Crippen molar-refractivity contribution < 1.29 is 70.0 Å². The van der Waals surface area contributed by atoms with Crippen molar-refractivity contribution in [3.05, 3.63) is 32.6 Å². The third-order valence-electron chi connectivity index (χ3n) is 3.68. The lowest BCUT2D eigenvalue weighted by Gasteiger charge is -2.22. The van der Waals surface area contributed by atoms with Gasteiger partial charge in [-0.05, 0) is 6.92 Å². The van der Waals surface area contributed by atoms with Crippen LogP contribution in [0, 0.1) is 6.92 Å². The molecule has 0 amide bonds. The van der Waals surface area contributed by atoms with E-state index in [1.54, 1.807) is 0 Å². The highest BCUT2D eigenvalue weighted by Gasteiger charge is 2.47. The molecule has 23 heteroatoms. The van der Waals surface area contributed by atoms with Crippen LogP contribution in [0.25, 0.3) is 0 Å². The van der Waals surface area contributed by atoms with E-state index in [1.165, 1.54) is 6.92 Å². The molecule has 33 heavy (non-hydrogen) atoms. The van der Waals surface area contributed by atoms with Gasteiger partial charge in [0.25, 0.3) is 5.56 Å². The van der Waals surface area contributed by atoms with Gasteiger partial charge in [-0.25, -0.2) is 23.1 Å². The average molecular weight is 562 g/mol. The number of aromatic amines is 1. The van der Waals surface area contributed by atoms with Crippen LogP contribution in [0.4, 0.5) is 0 Å². The molecule has 1 aliphatic rings. The maximum Gasteiger partial charge on any atom is 0.492 e. The molecule has 0 radical (unpaired) electrons. The van der Waals surface area contributed by atoms with Crippen LogP contribution >= 0.6 is 31.3 Å². The van der Waals surface area contributed by atoms with Crippen LogP contribution in [0.15, 0.2) is 15.8 Å². The highest BCUT2D eigenvalue weighted by molar-refractivity contribution is 7.69. The molecule has 1 aromatic rings. The largest absolute Gasteiger partial charge is 0.492 e. The van der Waals surface area contributed by atoms with Gasteiger partial charge in [-0.15, -0.1) is 0 Å². The van der Waals surface area contributed by atoms with Gasteiger partial charge >= 0.3 is 37.0 Å². The minimum absolute atomic E-state index is 0.115. The van der Waals surface area contributed by atoms with Crippen molar-refractivity contribution in [3.8, 4) is 0 Å². The zero-order valence-electron chi connectivity index (χ0n) is 16.1. The molecule has 19 nitrogen and oxygen atoms in total. The first-order valence-corrected chi connectivity index (χ1v) is 14.3. The number of nitrogens with zero attached hydrogens (tertiary/aromatic N) is 1. The molecule has 2 heterocycles. The van der Waals surface area contributed by atoms with E-state index in [4.69, 9.17) is 24.3 Å². The smallest absolute Gasteiger partial charge is 0.390 e. The molecule has 190 valence electrons. The van der Waals surface area contributed by atoms with Crippen molar-refractivity contribution in [1.82, 2.24) is 9.55 Å². The lowest BCUT2D eigenvalue weighted by Crippen LogP contribution is -2.33. The third kappa shape index (κ3) is 8.71. The topological polar surface area (TPSA) is 291 Å². The minimum Gasteiger partial charge on any atom is -0.390 e. The van der Waals surface area contributed by atoms with E-state index in [9.17, 15) is 37.8 Å². The van der Waals surface area contributed by atoms with Crippen molar-refractivity contribution in [2.24, 2.45) is 0 Å². The van der Waals surface area contributed by atoms with Crippen LogP contribution in [-0.4, -0.2) is 57.9 Å². The summed E-state index contributed by atoms with van der Waals surface area (Å²) >= 11 is 0. The van der Waals surface area contributed by atoms with Gasteiger partial charge < -0.3 is 34.3 Å². The van der Waals surface area contributed by atoms with Gasteiger partial charge in [-0.1, -0.05) is 0 Å². The summed E-state index contributed by atoms with van der Waals surface area (Å²) in [5, 5.41) is 10.1. The zero-order valence-corrected chi connectivity index (χ0v) is 19.7. The van der Waals surface area contributed by atoms with Gasteiger partial charge in [-0.3, -0.25) is 18.9 Å². The fourth-order valence-electron chi connectivity index (χ4n) is 2.47. The van der Waals surface area contributed by atoms with E-state index < -0.39 is 67.6 Å². The van der Waals surface area contributed by atoms with Gasteiger partial charge in [0.1, 0.15) is 12.3 Å². The Morgan fingerprint density at radius 3 is 2.18 bits per heavy atom. The first-order chi connectivity index (χ1) is 14.8. The molecule has 1 aliphatic heterocycles. The number of aryl methyl sites for hydroxylation is 1. The summed E-state index contributed by atoms with van der Waals surface area (Å²) in [7, 11) is -23.2. The summed E-state index contributed by atoms with van der Waals surface area (Å²) in [6.45, 7) is 0.280. The van der Waals surface area contributed by atoms with E-state index in [1.807, 2.05) is 4.98 Å². The molecule has 0 saturated carbocycles. The predicted molar refractivity (Wildman–Crippen MR) is 101 cm³/mol. The molecule has 7 N–H and O–H groups in total. The Bertz CT molecular complexity index is 1180. The highest BCUT2D eigenvalue weighted by atomic mass is 31.3. The van der Waals surface area contributed by atoms with Crippen molar-refractivity contribution in [1.29, 1.82) is 0 Å². The first kappa shape index (κ1) is 28.4. The average Bonchev–Trinajstić information content (AvgIpc) is 2.92. The van der Waals surface area contributed by atoms with Crippen LogP contribution in [0.1, 0.15) is 18.2 Å². The molecule has 0 aromatic carbocycles. The van der Waals surface area contributed by atoms with Crippen molar-refractivity contribution in [2.45, 2.75) is 31.8 Å². The molecule has 0 spiro atoms. The Kier molecular flexibility index (Phi) is 8.63. The normalized spacial score (nSPS) is 25.5. The summed E-state index contributed by atoms with van der Waals surface area (Å²) in [6, 6.07) is 0. The molecule has 0 bridgehead atoms. The van der Waals surface area contributed by atoms with Gasteiger partial charge in [0.15, 0.2) is 0 Å². The molecule has 1 fully saturated rings. The number of aliphatic hydroxyl groups excluding tert-OH is 1. The molecule has 1 aromatic heterocycles. The molecular formula is C10H18N2O17P4. The molecule has 2 unspecified atom stereocenters. The second-order valence-corrected chi connectivity index (χ2v) is 12.4. The van der Waals surface area contributed by atoms with Crippen molar-refractivity contribution in [3.63, 3.8) is 0 Å². The standard InChI is InChI=1S/C10H18N2O17P4/c1-5-3-12(10(15)11-9(5)14)8-2-6(13)7(26-8)4-25-33(24,28-31(19,20)21)29-32(22,23)27-30(16,17)18/h3,6-8,13H,2,4H2,1H3,(H,22,23)(H,11,14,15)(H2,16,17,18)(H2,19,20,21)/t6-,7+,8+,33?/m0/s1. The number of hydrogen-bond acceptors (Lipinski definition) is 12. The molecule has 5 atom stereocenters. The van der Waals surface area contributed by atoms with Crippen molar-refractivity contribution >= 4 is 31.3 Å². The fraction of sp³-hybridized carbons (Fsp3) is 0.600. The van der Waals surface area contributed by atoms with Crippen molar-refractivity contribution in [2.75, 3.05) is 6.61 Å². The van der Waals surface area contributed by atoms with Crippen LogP contribution in [0.5, 0.6) is 0 Å².